The van der Waals surface area contributed by atoms with Crippen LogP contribution >= 0.6 is 11.6 Å². The molecule has 4 nitrogen and oxygen atoms in total. The van der Waals surface area contributed by atoms with Crippen LogP contribution in [0.2, 0.25) is 5.02 Å². The highest BCUT2D eigenvalue weighted by atomic mass is 35.5. The number of aromatic amines is 1. The third kappa shape index (κ3) is 1.92. The molecule has 0 aliphatic rings. The van der Waals surface area contributed by atoms with Crippen molar-refractivity contribution >= 4 is 17.6 Å². The van der Waals surface area contributed by atoms with Crippen LogP contribution in [0.3, 0.4) is 0 Å². The molecule has 0 amide bonds. The van der Waals surface area contributed by atoms with Gasteiger partial charge in [0.25, 0.3) is 0 Å². The van der Waals surface area contributed by atoms with Crippen LogP contribution in [0.15, 0.2) is 30.5 Å². The summed E-state index contributed by atoms with van der Waals surface area (Å²) in [4.78, 5) is 18.0. The topological polar surface area (TPSA) is 55.0 Å². The molecule has 1 aromatic carbocycles. The minimum absolute atomic E-state index is 0.164. The van der Waals surface area contributed by atoms with Crippen molar-refractivity contribution in [3.8, 4) is 11.3 Å². The maximum atomic E-state index is 11.2. The van der Waals surface area contributed by atoms with Crippen molar-refractivity contribution in [2.45, 2.75) is 0 Å². The average Bonchev–Trinajstić information content (AvgIpc) is 2.78. The number of aromatic nitrogens is 2. The first-order chi connectivity index (χ1) is 7.72. The Labute approximate surface area is 97.2 Å². The van der Waals surface area contributed by atoms with Crippen molar-refractivity contribution in [1.29, 1.82) is 0 Å². The zero-order chi connectivity index (χ0) is 11.5. The lowest BCUT2D eigenvalue weighted by Crippen LogP contribution is -2.03. The molecule has 0 atom stereocenters. The predicted molar refractivity (Wildman–Crippen MR) is 60.4 cm³/mol. The third-order valence-corrected chi connectivity index (χ3v) is 2.45. The van der Waals surface area contributed by atoms with Crippen molar-refractivity contribution in [2.75, 3.05) is 7.11 Å². The average molecular weight is 237 g/mol. The Morgan fingerprint density at radius 1 is 1.44 bits per heavy atom. The van der Waals surface area contributed by atoms with Gasteiger partial charge in [-0.3, -0.25) is 0 Å². The van der Waals surface area contributed by atoms with E-state index in [1.165, 1.54) is 7.11 Å². The van der Waals surface area contributed by atoms with E-state index < -0.39 is 5.97 Å². The van der Waals surface area contributed by atoms with Gasteiger partial charge in [-0.05, 0) is 6.07 Å². The van der Waals surface area contributed by atoms with Crippen molar-refractivity contribution in [3.63, 3.8) is 0 Å². The minimum Gasteiger partial charge on any atom is -0.463 e. The summed E-state index contributed by atoms with van der Waals surface area (Å²) in [6.07, 6.45) is 1.55. The molecular weight excluding hydrogens is 228 g/mol. The molecule has 0 saturated heterocycles. The number of H-pyrrole nitrogens is 1. The van der Waals surface area contributed by atoms with Crippen molar-refractivity contribution in [3.05, 3.63) is 41.3 Å². The molecule has 0 aliphatic carbocycles. The second kappa shape index (κ2) is 4.37. The monoisotopic (exact) mass is 236 g/mol. The van der Waals surface area contributed by atoms with Gasteiger partial charge < -0.3 is 9.72 Å². The molecule has 16 heavy (non-hydrogen) atoms. The van der Waals surface area contributed by atoms with Crippen LogP contribution in [0.5, 0.6) is 0 Å². The van der Waals surface area contributed by atoms with Gasteiger partial charge in [-0.2, -0.15) is 0 Å². The number of halogens is 1. The highest BCUT2D eigenvalue weighted by molar-refractivity contribution is 6.33. The largest absolute Gasteiger partial charge is 0.463 e. The third-order valence-electron chi connectivity index (χ3n) is 2.12. The van der Waals surface area contributed by atoms with Crippen LogP contribution in [0.1, 0.15) is 10.6 Å². The Bertz CT molecular complexity index is 522. The first kappa shape index (κ1) is 10.7. The molecule has 0 fully saturated rings. The fourth-order valence-corrected chi connectivity index (χ4v) is 1.58. The number of esters is 1. The number of methoxy groups -OCH3 is 1. The first-order valence-corrected chi connectivity index (χ1v) is 4.98. The number of nitrogens with zero attached hydrogens (tertiary/aromatic N) is 1. The molecule has 1 N–H and O–H groups in total. The summed E-state index contributed by atoms with van der Waals surface area (Å²) in [7, 11) is 1.31. The number of benzene rings is 1. The number of hydrogen-bond acceptors (Lipinski definition) is 3. The standard InChI is InChI=1S/C11H9ClN2O2/c1-16-11(15)10-13-6-9(14-10)7-4-2-3-5-8(7)12/h2-6H,1H3,(H,13,14). The summed E-state index contributed by atoms with van der Waals surface area (Å²) in [5.41, 5.74) is 1.48. The van der Waals surface area contributed by atoms with E-state index in [2.05, 4.69) is 14.7 Å². The summed E-state index contributed by atoms with van der Waals surface area (Å²) in [6, 6.07) is 7.32. The van der Waals surface area contributed by atoms with Crippen molar-refractivity contribution in [1.82, 2.24) is 9.97 Å². The van der Waals surface area contributed by atoms with E-state index in [4.69, 9.17) is 11.6 Å². The number of hydrogen-bond donors (Lipinski definition) is 1. The van der Waals surface area contributed by atoms with Gasteiger partial charge in [0.05, 0.1) is 19.0 Å². The van der Waals surface area contributed by atoms with Gasteiger partial charge in [0.15, 0.2) is 0 Å². The molecule has 5 heteroatoms. The SMILES string of the molecule is COC(=O)c1ncc(-c2ccccc2Cl)[nH]1. The summed E-state index contributed by atoms with van der Waals surface area (Å²) in [5.74, 6) is -0.337. The molecule has 82 valence electrons. The van der Waals surface area contributed by atoms with Crippen LogP contribution in [0, 0.1) is 0 Å². The predicted octanol–water partition coefficient (Wildman–Crippen LogP) is 2.52. The Morgan fingerprint density at radius 2 is 2.19 bits per heavy atom. The maximum absolute atomic E-state index is 11.2. The molecular formula is C11H9ClN2O2. The lowest BCUT2D eigenvalue weighted by Gasteiger charge is -1.99. The highest BCUT2D eigenvalue weighted by Gasteiger charge is 2.12. The number of carbonyl (C=O) groups is 1. The number of carbonyl (C=O) groups excluding carboxylic acids is 1. The van der Waals surface area contributed by atoms with Crippen LogP contribution in [-0.2, 0) is 4.74 Å². The molecule has 0 spiro atoms. The Kier molecular flexibility index (Phi) is 2.92. The van der Waals surface area contributed by atoms with Crippen LogP contribution in [0.25, 0.3) is 11.3 Å². The molecule has 0 radical (unpaired) electrons. The van der Waals surface area contributed by atoms with Gasteiger partial charge >= 0.3 is 5.97 Å². The normalized spacial score (nSPS) is 10.1. The molecule has 2 aromatic rings. The van der Waals surface area contributed by atoms with E-state index >= 15 is 0 Å². The number of imidazole rings is 1. The molecule has 1 aromatic heterocycles. The maximum Gasteiger partial charge on any atom is 0.374 e. The van der Waals surface area contributed by atoms with E-state index in [1.807, 2.05) is 18.2 Å². The van der Waals surface area contributed by atoms with Crippen LogP contribution in [0.4, 0.5) is 0 Å². The summed E-state index contributed by atoms with van der Waals surface area (Å²) < 4.78 is 4.55. The lowest BCUT2D eigenvalue weighted by molar-refractivity contribution is 0.0588. The fourth-order valence-electron chi connectivity index (χ4n) is 1.34. The van der Waals surface area contributed by atoms with E-state index in [0.717, 1.165) is 5.56 Å². The quantitative estimate of drug-likeness (QED) is 0.816. The Morgan fingerprint density at radius 3 is 2.88 bits per heavy atom. The lowest BCUT2D eigenvalue weighted by atomic mass is 10.2. The van der Waals surface area contributed by atoms with E-state index in [9.17, 15) is 4.79 Å². The van der Waals surface area contributed by atoms with Gasteiger partial charge in [-0.15, -0.1) is 0 Å². The zero-order valence-corrected chi connectivity index (χ0v) is 9.28. The minimum atomic E-state index is -0.502. The number of rotatable bonds is 2. The first-order valence-electron chi connectivity index (χ1n) is 4.60. The smallest absolute Gasteiger partial charge is 0.374 e. The molecule has 0 saturated carbocycles. The van der Waals surface area contributed by atoms with Gasteiger partial charge in [0.2, 0.25) is 5.82 Å². The highest BCUT2D eigenvalue weighted by Crippen LogP contribution is 2.25. The number of nitrogens with one attached hydrogen (secondary N) is 1. The zero-order valence-electron chi connectivity index (χ0n) is 8.53. The van der Waals surface area contributed by atoms with Gasteiger partial charge in [-0.25, -0.2) is 9.78 Å². The summed E-state index contributed by atoms with van der Waals surface area (Å²) >= 11 is 6.02. The summed E-state index contributed by atoms with van der Waals surface area (Å²) in [5, 5.41) is 0.600. The summed E-state index contributed by atoms with van der Waals surface area (Å²) in [6.45, 7) is 0. The van der Waals surface area contributed by atoms with Gasteiger partial charge in [-0.1, -0.05) is 29.8 Å². The molecule has 2 rings (SSSR count). The molecule has 1 heterocycles. The van der Waals surface area contributed by atoms with Gasteiger partial charge in [0, 0.05) is 10.6 Å². The van der Waals surface area contributed by atoms with E-state index in [1.54, 1.807) is 12.3 Å². The Balaban J connectivity index is 2.39. The van der Waals surface area contributed by atoms with Crippen molar-refractivity contribution < 1.29 is 9.53 Å². The Hall–Kier alpha value is -1.81. The fraction of sp³-hybridized carbons (Fsp3) is 0.0909. The number of ether oxygens (including phenoxy) is 1. The van der Waals surface area contributed by atoms with Crippen LogP contribution in [-0.4, -0.2) is 23.0 Å². The molecule has 0 aliphatic heterocycles. The molecule has 0 bridgehead atoms. The van der Waals surface area contributed by atoms with Crippen molar-refractivity contribution in [2.24, 2.45) is 0 Å². The second-order valence-corrected chi connectivity index (χ2v) is 3.52. The van der Waals surface area contributed by atoms with Crippen LogP contribution < -0.4 is 0 Å². The molecule has 0 unspecified atom stereocenters. The van der Waals surface area contributed by atoms with E-state index in [0.29, 0.717) is 10.7 Å². The second-order valence-electron chi connectivity index (χ2n) is 3.12. The van der Waals surface area contributed by atoms with E-state index in [-0.39, 0.29) is 5.82 Å². The van der Waals surface area contributed by atoms with Gasteiger partial charge in [0.1, 0.15) is 0 Å².